The first-order valence-corrected chi connectivity index (χ1v) is 8.82. The maximum absolute atomic E-state index is 12.0. The lowest BCUT2D eigenvalue weighted by atomic mass is 10.0. The average molecular weight is 379 g/mol. The van der Waals surface area contributed by atoms with Crippen molar-refractivity contribution < 1.29 is 33.3 Å². The predicted molar refractivity (Wildman–Crippen MR) is 94.4 cm³/mol. The maximum Gasteiger partial charge on any atom is 0.407 e. The van der Waals surface area contributed by atoms with Gasteiger partial charge in [0.25, 0.3) is 0 Å². The average Bonchev–Trinajstić information content (AvgIpc) is 2.61. The van der Waals surface area contributed by atoms with Gasteiger partial charge in [0.05, 0.1) is 12.1 Å². The molecule has 148 valence electrons. The molecular weight excluding hydrogens is 354 g/mol. The molecule has 1 saturated heterocycles. The Morgan fingerprint density at radius 1 is 1.11 bits per heavy atom. The number of hydrogen-bond acceptors (Lipinski definition) is 7. The summed E-state index contributed by atoms with van der Waals surface area (Å²) in [7, 11) is 0. The zero-order chi connectivity index (χ0) is 19.8. The zero-order valence-electron chi connectivity index (χ0n) is 15.7. The van der Waals surface area contributed by atoms with Gasteiger partial charge in [-0.3, -0.25) is 9.59 Å². The second-order valence-corrected chi connectivity index (χ2v) is 6.37. The molecule has 0 aromatic heterocycles. The molecule has 27 heavy (non-hydrogen) atoms. The van der Waals surface area contributed by atoms with Gasteiger partial charge in [-0.1, -0.05) is 30.3 Å². The van der Waals surface area contributed by atoms with Gasteiger partial charge in [0.15, 0.2) is 6.10 Å². The van der Waals surface area contributed by atoms with Crippen LogP contribution in [0, 0.1) is 0 Å². The van der Waals surface area contributed by atoms with E-state index < -0.39 is 36.5 Å². The van der Waals surface area contributed by atoms with Gasteiger partial charge >= 0.3 is 18.0 Å². The Hall–Kier alpha value is -2.61. The summed E-state index contributed by atoms with van der Waals surface area (Å²) in [4.78, 5) is 34.5. The molecule has 3 unspecified atom stereocenters. The van der Waals surface area contributed by atoms with E-state index in [1.165, 1.54) is 13.8 Å². The van der Waals surface area contributed by atoms with E-state index in [9.17, 15) is 14.4 Å². The first-order valence-electron chi connectivity index (χ1n) is 8.82. The molecule has 1 fully saturated rings. The van der Waals surface area contributed by atoms with Crippen LogP contribution in [0.25, 0.3) is 0 Å². The third kappa shape index (κ3) is 6.90. The van der Waals surface area contributed by atoms with Gasteiger partial charge in [0.1, 0.15) is 6.61 Å². The minimum Gasteiger partial charge on any atom is -0.456 e. The van der Waals surface area contributed by atoms with Gasteiger partial charge in [-0.15, -0.1) is 0 Å². The standard InChI is InChI=1S/C19H25NO7/c1-12(20-19(23)24-11-15-7-5-4-6-8-15)16-9-10-17(25-13(2)21)18(27-16)26-14(3)22/h4-8,12,16-18H,9-11H2,1-3H3,(H,20,23)/t12?,16-,17?,18?/m0/s1. The number of carbonyl (C=O) groups excluding carboxylic acids is 3. The molecule has 1 heterocycles. The number of alkyl carbamates (subject to hydrolysis) is 1. The fraction of sp³-hybridized carbons (Fsp3) is 0.526. The molecule has 1 amide bonds. The summed E-state index contributed by atoms with van der Waals surface area (Å²) >= 11 is 0. The van der Waals surface area contributed by atoms with E-state index in [-0.39, 0.29) is 12.6 Å². The van der Waals surface area contributed by atoms with Crippen LogP contribution in [0.1, 0.15) is 39.2 Å². The van der Waals surface area contributed by atoms with Gasteiger partial charge < -0.3 is 24.3 Å². The molecule has 8 nitrogen and oxygen atoms in total. The van der Waals surface area contributed by atoms with Crippen LogP contribution in [0.4, 0.5) is 4.79 Å². The summed E-state index contributed by atoms with van der Waals surface area (Å²) in [5.74, 6) is -1.02. The fourth-order valence-electron chi connectivity index (χ4n) is 2.80. The lowest BCUT2D eigenvalue weighted by Gasteiger charge is -2.37. The molecule has 1 aliphatic heterocycles. The highest BCUT2D eigenvalue weighted by atomic mass is 16.7. The second kappa shape index (κ2) is 9.91. The lowest BCUT2D eigenvalue weighted by molar-refractivity contribution is -0.244. The van der Waals surface area contributed by atoms with Crippen LogP contribution < -0.4 is 5.32 Å². The predicted octanol–water partition coefficient (Wildman–Crippen LogP) is 2.30. The summed E-state index contributed by atoms with van der Waals surface area (Å²) in [5, 5.41) is 2.71. The first kappa shape index (κ1) is 20.7. The van der Waals surface area contributed by atoms with Gasteiger partial charge in [-0.05, 0) is 25.3 Å². The Labute approximate surface area is 158 Å². The number of esters is 2. The molecule has 4 atom stereocenters. The quantitative estimate of drug-likeness (QED) is 0.598. The third-order valence-corrected chi connectivity index (χ3v) is 4.06. The highest BCUT2D eigenvalue weighted by molar-refractivity contribution is 5.68. The summed E-state index contributed by atoms with van der Waals surface area (Å²) in [6, 6.07) is 8.95. The van der Waals surface area contributed by atoms with E-state index in [1.807, 2.05) is 30.3 Å². The molecule has 1 aromatic carbocycles. The minimum atomic E-state index is -1.00. The Morgan fingerprint density at radius 2 is 1.78 bits per heavy atom. The van der Waals surface area contributed by atoms with Crippen LogP contribution >= 0.6 is 0 Å². The van der Waals surface area contributed by atoms with Crippen molar-refractivity contribution in [1.82, 2.24) is 5.32 Å². The molecule has 1 aliphatic rings. The van der Waals surface area contributed by atoms with Crippen LogP contribution in [0.15, 0.2) is 30.3 Å². The number of benzene rings is 1. The second-order valence-electron chi connectivity index (χ2n) is 6.37. The largest absolute Gasteiger partial charge is 0.456 e. The van der Waals surface area contributed by atoms with Gasteiger partial charge in [0, 0.05) is 13.8 Å². The van der Waals surface area contributed by atoms with Crippen molar-refractivity contribution >= 4 is 18.0 Å². The topological polar surface area (TPSA) is 100 Å². The fourth-order valence-corrected chi connectivity index (χ4v) is 2.80. The van der Waals surface area contributed by atoms with E-state index in [4.69, 9.17) is 18.9 Å². The van der Waals surface area contributed by atoms with E-state index in [2.05, 4.69) is 5.32 Å². The van der Waals surface area contributed by atoms with Crippen LogP contribution in [-0.2, 0) is 35.1 Å². The van der Waals surface area contributed by atoms with Crippen LogP contribution in [0.2, 0.25) is 0 Å². The normalized spacial score (nSPS) is 23.0. The highest BCUT2D eigenvalue weighted by Crippen LogP contribution is 2.25. The summed E-state index contributed by atoms with van der Waals surface area (Å²) in [6.07, 6.45) is -1.68. The van der Waals surface area contributed by atoms with Crippen molar-refractivity contribution in [3.63, 3.8) is 0 Å². The third-order valence-electron chi connectivity index (χ3n) is 4.06. The van der Waals surface area contributed by atoms with Crippen LogP contribution in [0.3, 0.4) is 0 Å². The van der Waals surface area contributed by atoms with Crippen molar-refractivity contribution in [2.75, 3.05) is 0 Å². The molecule has 2 rings (SSSR count). The number of ether oxygens (including phenoxy) is 4. The van der Waals surface area contributed by atoms with E-state index in [1.54, 1.807) is 6.92 Å². The smallest absolute Gasteiger partial charge is 0.407 e. The molecule has 0 saturated carbocycles. The first-order chi connectivity index (χ1) is 12.8. The molecule has 0 bridgehead atoms. The molecule has 8 heteroatoms. The number of hydrogen-bond donors (Lipinski definition) is 1. The summed E-state index contributed by atoms with van der Waals surface area (Å²) in [6.45, 7) is 4.46. The monoisotopic (exact) mass is 379 g/mol. The van der Waals surface area contributed by atoms with Crippen LogP contribution in [0.5, 0.6) is 0 Å². The molecule has 0 spiro atoms. The van der Waals surface area contributed by atoms with E-state index in [0.29, 0.717) is 12.8 Å². The Balaban J connectivity index is 1.85. The van der Waals surface area contributed by atoms with Gasteiger partial charge in [-0.2, -0.15) is 0 Å². The van der Waals surface area contributed by atoms with Crippen molar-refractivity contribution in [2.45, 2.75) is 64.8 Å². The van der Waals surface area contributed by atoms with Crippen molar-refractivity contribution in [3.8, 4) is 0 Å². The number of carbonyl (C=O) groups is 3. The summed E-state index contributed by atoms with van der Waals surface area (Å²) < 4.78 is 21.2. The Bertz CT molecular complexity index is 649. The lowest BCUT2D eigenvalue weighted by Crippen LogP contribution is -2.51. The Morgan fingerprint density at radius 3 is 2.41 bits per heavy atom. The number of amides is 1. The van der Waals surface area contributed by atoms with Crippen molar-refractivity contribution in [3.05, 3.63) is 35.9 Å². The van der Waals surface area contributed by atoms with Crippen molar-refractivity contribution in [2.24, 2.45) is 0 Å². The number of nitrogens with one attached hydrogen (secondary N) is 1. The maximum atomic E-state index is 12.0. The van der Waals surface area contributed by atoms with Gasteiger partial charge in [-0.25, -0.2) is 4.79 Å². The molecule has 1 N–H and O–H groups in total. The minimum absolute atomic E-state index is 0.162. The summed E-state index contributed by atoms with van der Waals surface area (Å²) in [5.41, 5.74) is 0.883. The Kier molecular flexibility index (Phi) is 7.60. The SMILES string of the molecule is CC(=O)OC1CC[C@@H](C(C)NC(=O)OCc2ccccc2)OC1OC(C)=O. The molecule has 0 radical (unpaired) electrons. The zero-order valence-corrected chi connectivity index (χ0v) is 15.7. The van der Waals surface area contributed by atoms with E-state index in [0.717, 1.165) is 5.56 Å². The van der Waals surface area contributed by atoms with E-state index >= 15 is 0 Å². The highest BCUT2D eigenvalue weighted by Gasteiger charge is 2.38. The van der Waals surface area contributed by atoms with Crippen LogP contribution in [-0.4, -0.2) is 42.6 Å². The molecule has 0 aliphatic carbocycles. The van der Waals surface area contributed by atoms with Crippen molar-refractivity contribution in [1.29, 1.82) is 0 Å². The van der Waals surface area contributed by atoms with Gasteiger partial charge in [0.2, 0.25) is 6.29 Å². The molecular formula is C19H25NO7. The molecule has 1 aromatic rings. The number of rotatable bonds is 6.